The first-order valence-corrected chi connectivity index (χ1v) is 11.0. The number of furan rings is 1. The maximum Gasteiger partial charge on any atom is 0.174 e. The number of benzene rings is 2. The molecule has 32 heavy (non-hydrogen) atoms. The summed E-state index contributed by atoms with van der Waals surface area (Å²) in [5.41, 5.74) is 2.12. The van der Waals surface area contributed by atoms with Crippen LogP contribution in [0.1, 0.15) is 23.5 Å². The van der Waals surface area contributed by atoms with Crippen LogP contribution in [0, 0.1) is 0 Å². The Bertz CT molecular complexity index is 1300. The molecule has 160 valence electrons. The zero-order chi connectivity index (χ0) is 22.2. The average Bonchev–Trinajstić information content (AvgIpc) is 3.39. The van der Waals surface area contributed by atoms with Gasteiger partial charge in [-0.25, -0.2) is 0 Å². The van der Waals surface area contributed by atoms with Gasteiger partial charge < -0.3 is 19.7 Å². The summed E-state index contributed by atoms with van der Waals surface area (Å²) in [4.78, 5) is 6.38. The van der Waals surface area contributed by atoms with Crippen LogP contribution in [0.5, 0.6) is 5.75 Å². The Hall–Kier alpha value is -3.06. The summed E-state index contributed by atoms with van der Waals surface area (Å²) < 4.78 is 6.29. The van der Waals surface area contributed by atoms with Gasteiger partial charge in [0, 0.05) is 16.8 Å². The van der Waals surface area contributed by atoms with Crippen molar-refractivity contribution in [2.45, 2.75) is 12.1 Å². The topological polar surface area (TPSA) is 61.5 Å². The number of thiocarbonyl (C=S) groups is 1. The molecule has 2 atom stereocenters. The lowest BCUT2D eigenvalue weighted by atomic mass is 10.0. The van der Waals surface area contributed by atoms with Crippen LogP contribution >= 0.6 is 35.4 Å². The summed E-state index contributed by atoms with van der Waals surface area (Å²) >= 11 is 18.1. The molecule has 5 rings (SSSR count). The van der Waals surface area contributed by atoms with Crippen LogP contribution in [0.2, 0.25) is 10.0 Å². The number of aromatic hydroxyl groups is 1. The van der Waals surface area contributed by atoms with E-state index < -0.39 is 0 Å². The molecule has 0 amide bonds. The third kappa shape index (κ3) is 3.71. The molecule has 8 heteroatoms. The number of aromatic nitrogens is 1. The van der Waals surface area contributed by atoms with Crippen molar-refractivity contribution in [1.29, 1.82) is 0 Å². The fourth-order valence-corrected chi connectivity index (χ4v) is 4.76. The number of phenols is 1. The average molecular weight is 482 g/mol. The van der Waals surface area contributed by atoms with E-state index in [0.29, 0.717) is 32.4 Å². The number of rotatable bonds is 4. The fraction of sp³-hybridized carbons (Fsp3) is 0.0833. The molecular formula is C24H17Cl2N3O2S. The molecule has 2 aromatic carbocycles. The zero-order valence-electron chi connectivity index (χ0n) is 16.6. The Morgan fingerprint density at radius 3 is 2.56 bits per heavy atom. The quantitative estimate of drug-likeness (QED) is 0.323. The van der Waals surface area contributed by atoms with Gasteiger partial charge in [-0.3, -0.25) is 4.98 Å². The summed E-state index contributed by atoms with van der Waals surface area (Å²) in [5, 5.41) is 15.4. The van der Waals surface area contributed by atoms with Crippen LogP contribution in [0.3, 0.4) is 0 Å². The lowest BCUT2D eigenvalue weighted by Crippen LogP contribution is -2.29. The highest BCUT2D eigenvalue weighted by Gasteiger charge is 2.43. The van der Waals surface area contributed by atoms with E-state index in [4.69, 9.17) is 39.8 Å². The number of para-hydroxylation sites is 2. The van der Waals surface area contributed by atoms with E-state index in [1.54, 1.807) is 30.5 Å². The number of nitrogens with one attached hydrogen (secondary N) is 1. The lowest BCUT2D eigenvalue weighted by Gasteiger charge is -2.26. The van der Waals surface area contributed by atoms with Crippen LogP contribution in [0.15, 0.2) is 83.4 Å². The molecule has 0 spiro atoms. The smallest absolute Gasteiger partial charge is 0.174 e. The molecule has 3 heterocycles. The first-order chi connectivity index (χ1) is 15.5. The van der Waals surface area contributed by atoms with Crippen LogP contribution in [-0.4, -0.2) is 15.2 Å². The summed E-state index contributed by atoms with van der Waals surface area (Å²) in [7, 11) is 0. The van der Waals surface area contributed by atoms with Crippen LogP contribution in [-0.2, 0) is 0 Å². The summed E-state index contributed by atoms with van der Waals surface area (Å²) in [6, 6.07) is 21.1. The Labute approximate surface area is 200 Å². The maximum absolute atomic E-state index is 10.6. The highest BCUT2D eigenvalue weighted by molar-refractivity contribution is 7.80. The van der Waals surface area contributed by atoms with Gasteiger partial charge in [-0.1, -0.05) is 41.4 Å². The van der Waals surface area contributed by atoms with Gasteiger partial charge in [0.1, 0.15) is 23.3 Å². The molecule has 0 bridgehead atoms. The Kier molecular flexibility index (Phi) is 5.51. The van der Waals surface area contributed by atoms with Crippen molar-refractivity contribution in [2.24, 2.45) is 0 Å². The first-order valence-electron chi connectivity index (χ1n) is 9.87. The second-order valence-electron chi connectivity index (χ2n) is 7.31. The van der Waals surface area contributed by atoms with Crippen molar-refractivity contribution in [3.05, 3.63) is 100 Å². The van der Waals surface area contributed by atoms with Crippen molar-refractivity contribution >= 4 is 46.2 Å². The predicted octanol–water partition coefficient (Wildman–Crippen LogP) is 6.53. The van der Waals surface area contributed by atoms with Gasteiger partial charge >= 0.3 is 0 Å². The molecule has 2 aromatic heterocycles. The van der Waals surface area contributed by atoms with E-state index in [-0.39, 0.29) is 17.8 Å². The number of pyridine rings is 1. The van der Waals surface area contributed by atoms with Crippen LogP contribution in [0.4, 0.5) is 5.69 Å². The zero-order valence-corrected chi connectivity index (χ0v) is 18.9. The molecule has 0 radical (unpaired) electrons. The van der Waals surface area contributed by atoms with E-state index in [2.05, 4.69) is 10.3 Å². The third-order valence-corrected chi connectivity index (χ3v) is 6.22. The van der Waals surface area contributed by atoms with Crippen molar-refractivity contribution < 1.29 is 9.52 Å². The molecular weight excluding hydrogens is 465 g/mol. The summed E-state index contributed by atoms with van der Waals surface area (Å²) in [6.07, 6.45) is 1.74. The standard InChI is InChI=1S/C24H17Cl2N3O2S/c25-14-8-9-15(16(26)13-14)20-10-11-21(31-20)23-22(17-5-3-4-12-27-17)28-24(32)29(23)18-6-1-2-7-19(18)30/h1-13,22-23,30H,(H,28,32)/t22-,23+/m0/s1. The molecule has 2 N–H and O–H groups in total. The van der Waals surface area contributed by atoms with E-state index in [1.165, 1.54) is 0 Å². The van der Waals surface area contributed by atoms with Gasteiger partial charge in [0.25, 0.3) is 0 Å². The molecule has 1 aliphatic heterocycles. The van der Waals surface area contributed by atoms with Crippen molar-refractivity contribution in [2.75, 3.05) is 4.90 Å². The normalized spacial score (nSPS) is 18.1. The second kappa shape index (κ2) is 8.47. The number of nitrogens with zero attached hydrogens (tertiary/aromatic N) is 2. The molecule has 5 nitrogen and oxygen atoms in total. The molecule has 1 aliphatic rings. The minimum absolute atomic E-state index is 0.121. The first kappa shape index (κ1) is 20.8. The van der Waals surface area contributed by atoms with Crippen LogP contribution in [0.25, 0.3) is 11.3 Å². The number of anilines is 1. The summed E-state index contributed by atoms with van der Waals surface area (Å²) in [5.74, 6) is 1.38. The van der Waals surface area contributed by atoms with E-state index in [1.807, 2.05) is 53.4 Å². The van der Waals surface area contributed by atoms with Crippen molar-refractivity contribution in [3.8, 4) is 17.1 Å². The minimum atomic E-state index is -0.384. The number of halogens is 2. The molecule has 0 saturated carbocycles. The molecule has 4 aromatic rings. The van der Waals surface area contributed by atoms with Gasteiger partial charge in [-0.2, -0.15) is 0 Å². The number of phenolic OH excluding ortho intramolecular Hbond substituents is 1. The maximum atomic E-state index is 10.6. The minimum Gasteiger partial charge on any atom is -0.506 e. The largest absolute Gasteiger partial charge is 0.506 e. The monoisotopic (exact) mass is 481 g/mol. The van der Waals surface area contributed by atoms with Gasteiger partial charge in [-0.05, 0) is 66.8 Å². The molecule has 1 fully saturated rings. The van der Waals surface area contributed by atoms with Gasteiger partial charge in [0.05, 0.1) is 22.4 Å². The van der Waals surface area contributed by atoms with E-state index in [0.717, 1.165) is 11.3 Å². The second-order valence-corrected chi connectivity index (χ2v) is 8.54. The molecule has 0 unspecified atom stereocenters. The van der Waals surface area contributed by atoms with Crippen molar-refractivity contribution in [3.63, 3.8) is 0 Å². The molecule has 0 aliphatic carbocycles. The number of hydrogen-bond donors (Lipinski definition) is 2. The molecule has 1 saturated heterocycles. The van der Waals surface area contributed by atoms with Gasteiger partial charge in [-0.15, -0.1) is 0 Å². The highest BCUT2D eigenvalue weighted by atomic mass is 35.5. The van der Waals surface area contributed by atoms with Crippen LogP contribution < -0.4 is 10.2 Å². The lowest BCUT2D eigenvalue weighted by molar-refractivity contribution is 0.434. The summed E-state index contributed by atoms with van der Waals surface area (Å²) in [6.45, 7) is 0. The van der Waals surface area contributed by atoms with Gasteiger partial charge in [0.15, 0.2) is 5.11 Å². The Morgan fingerprint density at radius 1 is 1.00 bits per heavy atom. The highest BCUT2D eigenvalue weighted by Crippen LogP contribution is 2.45. The van der Waals surface area contributed by atoms with Crippen molar-refractivity contribution in [1.82, 2.24) is 10.3 Å². The van der Waals surface area contributed by atoms with E-state index in [9.17, 15) is 5.11 Å². The fourth-order valence-electron chi connectivity index (χ4n) is 3.92. The van der Waals surface area contributed by atoms with Gasteiger partial charge in [0.2, 0.25) is 0 Å². The predicted molar refractivity (Wildman–Crippen MR) is 130 cm³/mol. The van der Waals surface area contributed by atoms with E-state index >= 15 is 0 Å². The Balaban J connectivity index is 1.62. The SMILES string of the molecule is Oc1ccccc1N1C(=S)N[C@@H](c2ccccn2)[C@H]1c1ccc(-c2ccc(Cl)cc2Cl)o1. The number of hydrogen-bond acceptors (Lipinski definition) is 4. The third-order valence-electron chi connectivity index (χ3n) is 5.35. The Morgan fingerprint density at radius 2 is 1.81 bits per heavy atom.